The summed E-state index contributed by atoms with van der Waals surface area (Å²) >= 11 is 0. The maximum absolute atomic E-state index is 5.34. The van der Waals surface area contributed by atoms with Gasteiger partial charge in [-0.25, -0.2) is 19.2 Å². The highest BCUT2D eigenvalue weighted by Crippen LogP contribution is 2.20. The number of aryl methyl sites for hydroxylation is 1. The average Bonchev–Trinajstić information content (AvgIpc) is 3.36. The number of hydrogen-bond donors (Lipinski definition) is 0. The van der Waals surface area contributed by atoms with Gasteiger partial charge in [-0.05, 0) is 24.6 Å². The smallest absolute Gasteiger partial charge is 0.192 e. The molecule has 0 amide bonds. The second-order valence-corrected chi connectivity index (χ2v) is 6.59. The summed E-state index contributed by atoms with van der Waals surface area (Å²) in [4.78, 5) is 14.4. The zero-order chi connectivity index (χ0) is 19.6. The summed E-state index contributed by atoms with van der Waals surface area (Å²) < 4.78 is 3.42. The van der Waals surface area contributed by atoms with Crippen LogP contribution in [0.15, 0.2) is 72.3 Å². The molecule has 0 bridgehead atoms. The van der Waals surface area contributed by atoms with Gasteiger partial charge in [0.05, 0.1) is 23.5 Å². The lowest BCUT2D eigenvalue weighted by Gasteiger charge is -2.03. The molecule has 0 saturated carbocycles. The van der Waals surface area contributed by atoms with Gasteiger partial charge in [-0.2, -0.15) is 5.10 Å². The normalized spacial score (nSPS) is 11.6. The van der Waals surface area contributed by atoms with Crippen LogP contribution < -0.4 is 0 Å². The van der Waals surface area contributed by atoms with Crippen LogP contribution in [0.1, 0.15) is 17.0 Å². The third-order valence-electron chi connectivity index (χ3n) is 4.50. The Kier molecular flexibility index (Phi) is 4.21. The molecule has 29 heavy (non-hydrogen) atoms. The van der Waals surface area contributed by atoms with E-state index in [-0.39, 0.29) is 6.61 Å². The van der Waals surface area contributed by atoms with Gasteiger partial charge in [0.1, 0.15) is 6.33 Å². The van der Waals surface area contributed by atoms with Crippen LogP contribution in [0.25, 0.3) is 22.4 Å². The van der Waals surface area contributed by atoms with E-state index < -0.39 is 0 Å². The second kappa shape index (κ2) is 7.16. The fourth-order valence-corrected chi connectivity index (χ4v) is 3.03. The fourth-order valence-electron chi connectivity index (χ4n) is 3.03. The minimum absolute atomic E-state index is 0.165. The zero-order valence-corrected chi connectivity index (χ0v) is 15.7. The largest absolute Gasteiger partial charge is 0.387 e. The molecule has 0 saturated heterocycles. The monoisotopic (exact) mass is 383 g/mol. The lowest BCUT2D eigenvalue weighted by molar-refractivity contribution is 0.126. The quantitative estimate of drug-likeness (QED) is 0.343. The predicted molar refractivity (Wildman–Crippen MR) is 109 cm³/mol. The molecule has 2 aromatic carbocycles. The maximum atomic E-state index is 5.34. The summed E-state index contributed by atoms with van der Waals surface area (Å²) in [5, 5.41) is 13.7. The molecule has 0 radical (unpaired) electrons. The topological polar surface area (TPSA) is 82.5 Å². The number of hydrogen-bond acceptors (Lipinski definition) is 6. The Hall–Kier alpha value is -4.07. The molecule has 8 nitrogen and oxygen atoms in total. The Labute approximate surface area is 166 Å². The van der Waals surface area contributed by atoms with Crippen molar-refractivity contribution in [2.45, 2.75) is 13.5 Å². The molecular formula is C21H17N7O. The van der Waals surface area contributed by atoms with Gasteiger partial charge in [-0.1, -0.05) is 53.2 Å². The van der Waals surface area contributed by atoms with E-state index in [0.29, 0.717) is 11.5 Å². The van der Waals surface area contributed by atoms with Gasteiger partial charge in [0, 0.05) is 0 Å². The first-order chi connectivity index (χ1) is 14.3. The summed E-state index contributed by atoms with van der Waals surface area (Å²) in [6.07, 6.45) is 5.04. The minimum Gasteiger partial charge on any atom is -0.387 e. The highest BCUT2D eigenvalue weighted by atomic mass is 16.6. The Balaban J connectivity index is 1.41. The number of benzene rings is 2. The van der Waals surface area contributed by atoms with Gasteiger partial charge >= 0.3 is 0 Å². The summed E-state index contributed by atoms with van der Waals surface area (Å²) in [6.45, 7) is 2.22. The van der Waals surface area contributed by atoms with Gasteiger partial charge in [0.2, 0.25) is 0 Å². The molecule has 3 heterocycles. The van der Waals surface area contributed by atoms with E-state index in [9.17, 15) is 0 Å². The van der Waals surface area contributed by atoms with Crippen molar-refractivity contribution in [2.24, 2.45) is 5.16 Å². The van der Waals surface area contributed by atoms with Crippen LogP contribution in [0, 0.1) is 6.92 Å². The van der Waals surface area contributed by atoms with E-state index in [1.165, 1.54) is 5.56 Å². The SMILES string of the molecule is Cc1ccc(-n2ncc3c2ncn2nc(CO/N=C/c4ccccc4)nc32)cc1. The van der Waals surface area contributed by atoms with Crippen LogP contribution in [0.2, 0.25) is 0 Å². The molecule has 5 rings (SSSR count). The molecule has 142 valence electrons. The third-order valence-corrected chi connectivity index (χ3v) is 4.50. The number of rotatable bonds is 5. The molecule has 5 aromatic rings. The van der Waals surface area contributed by atoms with E-state index in [0.717, 1.165) is 22.3 Å². The van der Waals surface area contributed by atoms with Crippen LogP contribution in [-0.2, 0) is 11.4 Å². The summed E-state index contributed by atoms with van der Waals surface area (Å²) in [5.41, 5.74) is 4.51. The molecule has 3 aromatic heterocycles. The first kappa shape index (κ1) is 17.1. The van der Waals surface area contributed by atoms with Crippen LogP contribution >= 0.6 is 0 Å². The van der Waals surface area contributed by atoms with Crippen LogP contribution in [-0.4, -0.2) is 35.6 Å². The first-order valence-electron chi connectivity index (χ1n) is 9.13. The van der Waals surface area contributed by atoms with Crippen molar-refractivity contribution in [1.82, 2.24) is 29.4 Å². The van der Waals surface area contributed by atoms with E-state index in [2.05, 4.69) is 32.2 Å². The molecule has 8 heteroatoms. The fraction of sp³-hybridized carbons (Fsp3) is 0.0952. The molecule has 0 atom stereocenters. The lowest BCUT2D eigenvalue weighted by Crippen LogP contribution is -1.99. The number of aromatic nitrogens is 6. The number of oxime groups is 1. The van der Waals surface area contributed by atoms with Crippen LogP contribution in [0.3, 0.4) is 0 Å². The molecule has 0 aliphatic rings. The van der Waals surface area contributed by atoms with Crippen molar-refractivity contribution < 1.29 is 4.84 Å². The Bertz CT molecular complexity index is 1300. The van der Waals surface area contributed by atoms with Crippen molar-refractivity contribution in [1.29, 1.82) is 0 Å². The molecule has 0 N–H and O–H groups in total. The maximum Gasteiger partial charge on any atom is 0.192 e. The van der Waals surface area contributed by atoms with E-state index in [4.69, 9.17) is 4.84 Å². The van der Waals surface area contributed by atoms with E-state index in [1.54, 1.807) is 27.9 Å². The summed E-state index contributed by atoms with van der Waals surface area (Å²) in [7, 11) is 0. The average molecular weight is 383 g/mol. The van der Waals surface area contributed by atoms with Crippen molar-refractivity contribution in [3.63, 3.8) is 0 Å². The summed E-state index contributed by atoms with van der Waals surface area (Å²) in [6, 6.07) is 17.9. The van der Waals surface area contributed by atoms with Crippen molar-refractivity contribution in [3.8, 4) is 5.69 Å². The highest BCUT2D eigenvalue weighted by Gasteiger charge is 2.13. The second-order valence-electron chi connectivity index (χ2n) is 6.59. The molecule has 0 aliphatic heterocycles. The molecule has 0 spiro atoms. The van der Waals surface area contributed by atoms with Crippen molar-refractivity contribution in [3.05, 3.63) is 84.1 Å². The van der Waals surface area contributed by atoms with Gasteiger partial charge in [0.15, 0.2) is 23.7 Å². The Morgan fingerprint density at radius 3 is 2.69 bits per heavy atom. The van der Waals surface area contributed by atoms with Crippen LogP contribution in [0.5, 0.6) is 0 Å². The number of nitrogens with zero attached hydrogens (tertiary/aromatic N) is 7. The number of fused-ring (bicyclic) bond motifs is 3. The molecular weight excluding hydrogens is 366 g/mol. The third kappa shape index (κ3) is 3.31. The Morgan fingerprint density at radius 2 is 1.86 bits per heavy atom. The van der Waals surface area contributed by atoms with Gasteiger partial charge < -0.3 is 4.84 Å². The highest BCUT2D eigenvalue weighted by molar-refractivity contribution is 5.89. The lowest BCUT2D eigenvalue weighted by atomic mass is 10.2. The molecule has 0 fully saturated rings. The van der Waals surface area contributed by atoms with Crippen molar-refractivity contribution >= 4 is 22.9 Å². The van der Waals surface area contributed by atoms with Gasteiger partial charge in [0.25, 0.3) is 0 Å². The molecule has 0 unspecified atom stereocenters. The minimum atomic E-state index is 0.165. The first-order valence-corrected chi connectivity index (χ1v) is 9.13. The Morgan fingerprint density at radius 1 is 1.03 bits per heavy atom. The molecule has 0 aliphatic carbocycles. The summed E-state index contributed by atoms with van der Waals surface area (Å²) in [5.74, 6) is 0.521. The van der Waals surface area contributed by atoms with E-state index >= 15 is 0 Å². The van der Waals surface area contributed by atoms with E-state index in [1.807, 2.05) is 54.6 Å². The van der Waals surface area contributed by atoms with Crippen molar-refractivity contribution in [2.75, 3.05) is 0 Å². The standard InChI is InChI=1S/C21H17N7O/c1-15-7-9-17(10-8-15)28-20-18(12-23-28)21-25-19(26-27(21)14-22-20)13-29-24-11-16-5-3-2-4-6-16/h2-12,14H,13H2,1H3/b24-11+. The van der Waals surface area contributed by atoms with Gasteiger partial charge in [-0.15, -0.1) is 5.10 Å². The van der Waals surface area contributed by atoms with Crippen LogP contribution in [0.4, 0.5) is 0 Å². The van der Waals surface area contributed by atoms with Gasteiger partial charge in [-0.3, -0.25) is 0 Å². The predicted octanol–water partition coefficient (Wildman–Crippen LogP) is 3.32. The zero-order valence-electron chi connectivity index (χ0n) is 15.7.